The van der Waals surface area contributed by atoms with Crippen LogP contribution in [0.3, 0.4) is 0 Å². The SMILES string of the molecule is CCO[C@@H]1C[C@@H](NC(=O)c2n[nH]c(=O)c3ccccc23)C12CCCC2. The van der Waals surface area contributed by atoms with Gasteiger partial charge in [0.25, 0.3) is 11.5 Å². The molecule has 2 saturated carbocycles. The Hall–Kier alpha value is -2.21. The van der Waals surface area contributed by atoms with Gasteiger partial charge in [0.1, 0.15) is 0 Å². The van der Waals surface area contributed by atoms with Crippen LogP contribution in [0.15, 0.2) is 29.1 Å². The molecule has 1 spiro atoms. The zero-order valence-electron chi connectivity index (χ0n) is 14.4. The number of ether oxygens (including phenoxy) is 1. The third kappa shape index (κ3) is 2.56. The number of carbonyl (C=O) groups is 1. The number of nitrogens with one attached hydrogen (secondary N) is 2. The molecule has 0 saturated heterocycles. The van der Waals surface area contributed by atoms with E-state index in [4.69, 9.17) is 4.74 Å². The predicted molar refractivity (Wildman–Crippen MR) is 94.5 cm³/mol. The predicted octanol–water partition coefficient (Wildman–Crippen LogP) is 2.39. The van der Waals surface area contributed by atoms with Crippen molar-refractivity contribution in [3.63, 3.8) is 0 Å². The fourth-order valence-electron chi connectivity index (χ4n) is 4.60. The number of amides is 1. The summed E-state index contributed by atoms with van der Waals surface area (Å²) in [5.41, 5.74) is 0.0756. The van der Waals surface area contributed by atoms with E-state index in [1.54, 1.807) is 18.2 Å². The number of hydrogen-bond acceptors (Lipinski definition) is 4. The molecule has 1 heterocycles. The van der Waals surface area contributed by atoms with Crippen molar-refractivity contribution >= 4 is 16.7 Å². The Bertz CT molecular complexity index is 854. The van der Waals surface area contributed by atoms with Crippen molar-refractivity contribution in [3.8, 4) is 0 Å². The Kier molecular flexibility index (Phi) is 4.07. The van der Waals surface area contributed by atoms with Crippen molar-refractivity contribution in [1.29, 1.82) is 0 Å². The third-order valence-electron chi connectivity index (χ3n) is 5.90. The lowest BCUT2D eigenvalue weighted by atomic mass is 9.60. The van der Waals surface area contributed by atoms with E-state index >= 15 is 0 Å². The van der Waals surface area contributed by atoms with Gasteiger partial charge in [0.15, 0.2) is 5.69 Å². The fraction of sp³-hybridized carbons (Fsp3) is 0.526. The smallest absolute Gasteiger partial charge is 0.272 e. The van der Waals surface area contributed by atoms with Gasteiger partial charge in [-0.05, 0) is 32.3 Å². The number of fused-ring (bicyclic) bond motifs is 1. The molecule has 2 aliphatic rings. The van der Waals surface area contributed by atoms with E-state index in [0.29, 0.717) is 17.4 Å². The van der Waals surface area contributed by atoms with Gasteiger partial charge in [0.2, 0.25) is 0 Å². The molecule has 2 fully saturated rings. The van der Waals surface area contributed by atoms with Crippen LogP contribution in [0.25, 0.3) is 10.8 Å². The molecule has 25 heavy (non-hydrogen) atoms. The number of nitrogens with zero attached hydrogens (tertiary/aromatic N) is 1. The quantitative estimate of drug-likeness (QED) is 0.894. The molecule has 6 nitrogen and oxygen atoms in total. The Morgan fingerprint density at radius 1 is 1.32 bits per heavy atom. The molecule has 1 amide bonds. The summed E-state index contributed by atoms with van der Waals surface area (Å²) in [4.78, 5) is 24.7. The van der Waals surface area contributed by atoms with E-state index in [2.05, 4.69) is 15.5 Å². The number of aromatic nitrogens is 2. The van der Waals surface area contributed by atoms with Gasteiger partial charge in [-0.3, -0.25) is 9.59 Å². The molecule has 1 aromatic carbocycles. The topological polar surface area (TPSA) is 84.1 Å². The van der Waals surface area contributed by atoms with Crippen LogP contribution in [-0.2, 0) is 4.74 Å². The summed E-state index contributed by atoms with van der Waals surface area (Å²) in [6.45, 7) is 2.73. The molecule has 132 valence electrons. The summed E-state index contributed by atoms with van der Waals surface area (Å²) in [7, 11) is 0. The largest absolute Gasteiger partial charge is 0.378 e. The van der Waals surface area contributed by atoms with E-state index in [0.717, 1.165) is 19.3 Å². The van der Waals surface area contributed by atoms with Crippen LogP contribution in [0.4, 0.5) is 0 Å². The molecule has 0 radical (unpaired) electrons. The van der Waals surface area contributed by atoms with Crippen LogP contribution in [0.1, 0.15) is 49.5 Å². The first-order valence-corrected chi connectivity index (χ1v) is 9.05. The minimum Gasteiger partial charge on any atom is -0.378 e. The molecule has 2 atom stereocenters. The maximum atomic E-state index is 12.8. The van der Waals surface area contributed by atoms with Gasteiger partial charge in [-0.15, -0.1) is 0 Å². The van der Waals surface area contributed by atoms with Crippen LogP contribution in [0.2, 0.25) is 0 Å². The highest BCUT2D eigenvalue weighted by atomic mass is 16.5. The molecule has 0 unspecified atom stereocenters. The van der Waals surface area contributed by atoms with Gasteiger partial charge in [-0.2, -0.15) is 5.10 Å². The minimum atomic E-state index is -0.278. The third-order valence-corrected chi connectivity index (χ3v) is 5.90. The second kappa shape index (κ2) is 6.26. The molecule has 1 aromatic heterocycles. The molecular weight excluding hydrogens is 318 g/mol. The maximum Gasteiger partial charge on any atom is 0.272 e. The zero-order valence-corrected chi connectivity index (χ0v) is 14.4. The van der Waals surface area contributed by atoms with Crippen molar-refractivity contribution in [1.82, 2.24) is 15.5 Å². The van der Waals surface area contributed by atoms with Crippen LogP contribution in [0, 0.1) is 5.41 Å². The molecule has 2 aromatic rings. The van der Waals surface area contributed by atoms with Crippen molar-refractivity contribution in [2.24, 2.45) is 5.41 Å². The minimum absolute atomic E-state index is 0.0731. The average molecular weight is 341 g/mol. The van der Waals surface area contributed by atoms with E-state index in [-0.39, 0.29) is 34.7 Å². The van der Waals surface area contributed by atoms with E-state index in [1.807, 2.05) is 13.0 Å². The molecule has 0 aliphatic heterocycles. The zero-order chi connectivity index (χ0) is 17.4. The van der Waals surface area contributed by atoms with Gasteiger partial charge < -0.3 is 10.1 Å². The molecule has 2 N–H and O–H groups in total. The highest BCUT2D eigenvalue weighted by Crippen LogP contribution is 2.54. The lowest BCUT2D eigenvalue weighted by Crippen LogP contribution is -2.63. The van der Waals surface area contributed by atoms with Crippen molar-refractivity contribution < 1.29 is 9.53 Å². The average Bonchev–Trinajstić information content (AvgIpc) is 3.14. The summed E-state index contributed by atoms with van der Waals surface area (Å²) in [6, 6.07) is 7.19. The lowest BCUT2D eigenvalue weighted by Gasteiger charge is -2.54. The van der Waals surface area contributed by atoms with E-state index in [9.17, 15) is 9.59 Å². The van der Waals surface area contributed by atoms with Crippen molar-refractivity contribution in [3.05, 3.63) is 40.3 Å². The Morgan fingerprint density at radius 3 is 2.76 bits per heavy atom. The van der Waals surface area contributed by atoms with Gasteiger partial charge in [-0.25, -0.2) is 5.10 Å². The second-order valence-corrected chi connectivity index (χ2v) is 7.09. The first-order valence-electron chi connectivity index (χ1n) is 9.05. The number of carbonyl (C=O) groups excluding carboxylic acids is 1. The second-order valence-electron chi connectivity index (χ2n) is 7.09. The normalized spacial score (nSPS) is 24.4. The monoisotopic (exact) mass is 341 g/mol. The number of aromatic amines is 1. The summed E-state index contributed by atoms with van der Waals surface area (Å²) >= 11 is 0. The highest BCUT2D eigenvalue weighted by Gasteiger charge is 2.57. The van der Waals surface area contributed by atoms with E-state index < -0.39 is 0 Å². The molecular formula is C19H23N3O3. The van der Waals surface area contributed by atoms with Crippen molar-refractivity contribution in [2.45, 2.75) is 51.2 Å². The summed E-state index contributed by atoms with van der Waals surface area (Å²) in [5.74, 6) is -0.223. The first-order chi connectivity index (χ1) is 12.2. The molecule has 4 rings (SSSR count). The van der Waals surface area contributed by atoms with Gasteiger partial charge in [0, 0.05) is 23.4 Å². The Morgan fingerprint density at radius 2 is 2.04 bits per heavy atom. The molecule has 0 bridgehead atoms. The van der Waals surface area contributed by atoms with Crippen LogP contribution >= 0.6 is 0 Å². The van der Waals surface area contributed by atoms with Crippen LogP contribution in [0.5, 0.6) is 0 Å². The highest BCUT2D eigenvalue weighted by molar-refractivity contribution is 6.04. The number of hydrogen-bond donors (Lipinski definition) is 2. The standard InChI is InChI=1S/C19H23N3O3/c1-2-25-15-11-14(19(15)9-5-6-10-19)20-18(24)16-12-7-3-4-8-13(12)17(23)22-21-16/h3-4,7-8,14-15H,2,5-6,9-11H2,1H3,(H,20,24)(H,22,23)/t14-,15-/m1/s1. The fourth-order valence-corrected chi connectivity index (χ4v) is 4.60. The summed E-state index contributed by atoms with van der Waals surface area (Å²) in [5, 5.41) is 10.7. The molecule has 2 aliphatic carbocycles. The van der Waals surface area contributed by atoms with Crippen LogP contribution < -0.4 is 10.9 Å². The Labute approximate surface area is 146 Å². The Balaban J connectivity index is 1.59. The lowest BCUT2D eigenvalue weighted by molar-refractivity contribution is -0.127. The van der Waals surface area contributed by atoms with Gasteiger partial charge >= 0.3 is 0 Å². The summed E-state index contributed by atoms with van der Waals surface area (Å²) < 4.78 is 5.90. The van der Waals surface area contributed by atoms with E-state index in [1.165, 1.54) is 12.8 Å². The molecule has 6 heteroatoms. The van der Waals surface area contributed by atoms with Gasteiger partial charge in [-0.1, -0.05) is 31.0 Å². The summed E-state index contributed by atoms with van der Waals surface area (Å²) in [6.07, 6.45) is 5.67. The maximum absolute atomic E-state index is 12.8. The van der Waals surface area contributed by atoms with Crippen LogP contribution in [-0.4, -0.2) is 34.9 Å². The number of rotatable bonds is 4. The van der Waals surface area contributed by atoms with Gasteiger partial charge in [0.05, 0.1) is 11.5 Å². The number of H-pyrrole nitrogens is 1. The first kappa shape index (κ1) is 16.3. The van der Waals surface area contributed by atoms with Crippen molar-refractivity contribution in [2.75, 3.05) is 6.61 Å². The number of benzene rings is 1.